The van der Waals surface area contributed by atoms with Crippen molar-refractivity contribution < 1.29 is 0 Å². The maximum absolute atomic E-state index is 4.23. The fourth-order valence-electron chi connectivity index (χ4n) is 2.53. The average Bonchev–Trinajstić information content (AvgIpc) is 2.82. The van der Waals surface area contributed by atoms with Gasteiger partial charge < -0.3 is 5.32 Å². The van der Waals surface area contributed by atoms with E-state index in [0.717, 1.165) is 23.9 Å². The van der Waals surface area contributed by atoms with Gasteiger partial charge in [-0.25, -0.2) is 0 Å². The van der Waals surface area contributed by atoms with E-state index in [9.17, 15) is 0 Å². The van der Waals surface area contributed by atoms with Crippen molar-refractivity contribution in [3.05, 3.63) is 52.3 Å². The first-order valence-corrected chi connectivity index (χ1v) is 7.83. The summed E-state index contributed by atoms with van der Waals surface area (Å²) in [5.74, 6) is 0.648. The van der Waals surface area contributed by atoms with Crippen molar-refractivity contribution in [1.82, 2.24) is 15.1 Å². The number of aryl methyl sites for hydroxylation is 2. The van der Waals surface area contributed by atoms with Crippen LogP contribution >= 0.6 is 15.9 Å². The van der Waals surface area contributed by atoms with Gasteiger partial charge in [0.2, 0.25) is 0 Å². The van der Waals surface area contributed by atoms with Gasteiger partial charge in [-0.1, -0.05) is 28.1 Å². The quantitative estimate of drug-likeness (QED) is 0.842. The molecule has 0 saturated heterocycles. The SMILES string of the molecule is CNCC(CCc1cnn(C)c1)Cc1cccc(Br)c1. The van der Waals surface area contributed by atoms with Crippen LogP contribution in [0.25, 0.3) is 0 Å². The fourth-order valence-corrected chi connectivity index (χ4v) is 2.98. The van der Waals surface area contributed by atoms with E-state index in [4.69, 9.17) is 0 Å². The number of hydrogen-bond donors (Lipinski definition) is 1. The molecule has 1 unspecified atom stereocenters. The highest BCUT2D eigenvalue weighted by molar-refractivity contribution is 9.10. The molecular formula is C16H22BrN3. The van der Waals surface area contributed by atoms with Crippen LogP contribution in [-0.4, -0.2) is 23.4 Å². The zero-order valence-corrected chi connectivity index (χ0v) is 13.7. The van der Waals surface area contributed by atoms with Crippen LogP contribution in [0.2, 0.25) is 0 Å². The average molecular weight is 336 g/mol. The monoisotopic (exact) mass is 335 g/mol. The summed E-state index contributed by atoms with van der Waals surface area (Å²) in [5.41, 5.74) is 2.72. The lowest BCUT2D eigenvalue weighted by Crippen LogP contribution is -2.21. The van der Waals surface area contributed by atoms with Crippen LogP contribution in [0.15, 0.2) is 41.1 Å². The van der Waals surface area contributed by atoms with Gasteiger partial charge in [0.25, 0.3) is 0 Å². The van der Waals surface area contributed by atoms with Crippen molar-refractivity contribution in [1.29, 1.82) is 0 Å². The summed E-state index contributed by atoms with van der Waals surface area (Å²) in [6.07, 6.45) is 7.46. The van der Waals surface area contributed by atoms with Crippen molar-refractivity contribution in [2.24, 2.45) is 13.0 Å². The predicted molar refractivity (Wildman–Crippen MR) is 86.8 cm³/mol. The summed E-state index contributed by atoms with van der Waals surface area (Å²) in [6.45, 7) is 1.05. The number of nitrogens with one attached hydrogen (secondary N) is 1. The Morgan fingerprint density at radius 2 is 2.20 bits per heavy atom. The molecule has 108 valence electrons. The van der Waals surface area contributed by atoms with Gasteiger partial charge in [0, 0.05) is 17.7 Å². The molecule has 0 aliphatic heterocycles. The molecule has 0 aliphatic rings. The van der Waals surface area contributed by atoms with Crippen molar-refractivity contribution in [2.75, 3.05) is 13.6 Å². The third-order valence-electron chi connectivity index (χ3n) is 3.51. The number of halogens is 1. The zero-order chi connectivity index (χ0) is 14.4. The third-order valence-corrected chi connectivity index (χ3v) is 4.00. The highest BCUT2D eigenvalue weighted by atomic mass is 79.9. The lowest BCUT2D eigenvalue weighted by Gasteiger charge is -2.16. The molecule has 20 heavy (non-hydrogen) atoms. The van der Waals surface area contributed by atoms with Gasteiger partial charge in [-0.15, -0.1) is 0 Å². The molecule has 0 amide bonds. The predicted octanol–water partition coefficient (Wildman–Crippen LogP) is 3.19. The van der Waals surface area contributed by atoms with Gasteiger partial charge in [-0.05, 0) is 62.0 Å². The molecule has 1 heterocycles. The number of benzene rings is 1. The number of nitrogens with zero attached hydrogens (tertiary/aromatic N) is 2. The van der Waals surface area contributed by atoms with Crippen LogP contribution in [0.1, 0.15) is 17.5 Å². The van der Waals surface area contributed by atoms with Crippen molar-refractivity contribution in [3.63, 3.8) is 0 Å². The molecule has 4 heteroatoms. The number of aromatic nitrogens is 2. The van der Waals surface area contributed by atoms with Gasteiger partial charge in [-0.2, -0.15) is 5.10 Å². The van der Waals surface area contributed by atoms with Crippen LogP contribution in [0, 0.1) is 5.92 Å². The minimum absolute atomic E-state index is 0.648. The summed E-state index contributed by atoms with van der Waals surface area (Å²) in [4.78, 5) is 0. The first-order chi connectivity index (χ1) is 9.67. The first-order valence-electron chi connectivity index (χ1n) is 7.04. The van der Waals surface area contributed by atoms with E-state index in [1.165, 1.54) is 17.5 Å². The molecule has 0 radical (unpaired) electrons. The van der Waals surface area contributed by atoms with E-state index in [0.29, 0.717) is 5.92 Å². The van der Waals surface area contributed by atoms with Crippen molar-refractivity contribution in [3.8, 4) is 0 Å². The third kappa shape index (κ3) is 4.76. The molecule has 0 saturated carbocycles. The minimum Gasteiger partial charge on any atom is -0.319 e. The molecule has 1 N–H and O–H groups in total. The highest BCUT2D eigenvalue weighted by Gasteiger charge is 2.10. The Morgan fingerprint density at radius 3 is 2.85 bits per heavy atom. The molecule has 0 bridgehead atoms. The van der Waals surface area contributed by atoms with Gasteiger partial charge in [-0.3, -0.25) is 4.68 Å². The summed E-state index contributed by atoms with van der Waals surface area (Å²) in [6, 6.07) is 8.60. The molecule has 1 aromatic heterocycles. The summed E-state index contributed by atoms with van der Waals surface area (Å²) in [7, 11) is 3.99. The molecule has 3 nitrogen and oxygen atoms in total. The highest BCUT2D eigenvalue weighted by Crippen LogP contribution is 2.18. The number of rotatable bonds is 7. The lowest BCUT2D eigenvalue weighted by molar-refractivity contribution is 0.461. The van der Waals surface area contributed by atoms with E-state index >= 15 is 0 Å². The molecular weight excluding hydrogens is 314 g/mol. The normalized spacial score (nSPS) is 12.6. The first kappa shape index (κ1) is 15.3. The molecule has 0 spiro atoms. The Bertz CT molecular complexity index is 536. The maximum atomic E-state index is 4.23. The van der Waals surface area contributed by atoms with Crippen LogP contribution in [0.3, 0.4) is 0 Å². The van der Waals surface area contributed by atoms with E-state index < -0.39 is 0 Å². The van der Waals surface area contributed by atoms with E-state index in [1.807, 2.05) is 25.0 Å². The van der Waals surface area contributed by atoms with Crippen LogP contribution in [0.5, 0.6) is 0 Å². The Balaban J connectivity index is 1.92. The second kappa shape index (κ2) is 7.60. The molecule has 1 aromatic carbocycles. The van der Waals surface area contributed by atoms with Crippen LogP contribution in [-0.2, 0) is 19.9 Å². The topological polar surface area (TPSA) is 29.9 Å². The molecule has 1 atom stereocenters. The summed E-state index contributed by atoms with van der Waals surface area (Å²) < 4.78 is 3.03. The van der Waals surface area contributed by atoms with E-state index in [1.54, 1.807) is 0 Å². The maximum Gasteiger partial charge on any atom is 0.0521 e. The number of hydrogen-bond acceptors (Lipinski definition) is 2. The second-order valence-corrected chi connectivity index (χ2v) is 6.23. The summed E-state index contributed by atoms with van der Waals surface area (Å²) >= 11 is 3.54. The Hall–Kier alpha value is -1.13. The minimum atomic E-state index is 0.648. The smallest absolute Gasteiger partial charge is 0.0521 e. The van der Waals surface area contributed by atoms with E-state index in [2.05, 4.69) is 56.8 Å². The molecule has 2 aromatic rings. The van der Waals surface area contributed by atoms with Crippen LogP contribution < -0.4 is 5.32 Å². The van der Waals surface area contributed by atoms with E-state index in [-0.39, 0.29) is 0 Å². The van der Waals surface area contributed by atoms with Gasteiger partial charge in [0.05, 0.1) is 6.20 Å². The fraction of sp³-hybridized carbons (Fsp3) is 0.438. The van der Waals surface area contributed by atoms with Crippen molar-refractivity contribution in [2.45, 2.75) is 19.3 Å². The molecule has 0 fully saturated rings. The van der Waals surface area contributed by atoms with Gasteiger partial charge in [0.15, 0.2) is 0 Å². The lowest BCUT2D eigenvalue weighted by atomic mass is 9.93. The summed E-state index contributed by atoms with van der Waals surface area (Å²) in [5, 5.41) is 7.54. The Labute approximate surface area is 129 Å². The zero-order valence-electron chi connectivity index (χ0n) is 12.1. The van der Waals surface area contributed by atoms with Gasteiger partial charge in [0.1, 0.15) is 0 Å². The Morgan fingerprint density at radius 1 is 1.35 bits per heavy atom. The largest absolute Gasteiger partial charge is 0.319 e. The van der Waals surface area contributed by atoms with Crippen LogP contribution in [0.4, 0.5) is 0 Å². The molecule has 0 aliphatic carbocycles. The van der Waals surface area contributed by atoms with Gasteiger partial charge >= 0.3 is 0 Å². The second-order valence-electron chi connectivity index (χ2n) is 5.32. The molecule has 2 rings (SSSR count). The van der Waals surface area contributed by atoms with Crippen molar-refractivity contribution >= 4 is 15.9 Å². The Kier molecular flexibility index (Phi) is 5.80. The standard InChI is InChI=1S/C16H22BrN3/c1-18-10-14(6-7-15-11-19-20(2)12-15)8-13-4-3-5-16(17)9-13/h3-5,9,11-12,14,18H,6-8,10H2,1-2H3.